The molecule has 1 fully saturated rings. The Morgan fingerprint density at radius 3 is 3.03 bits per heavy atom. The number of fused-ring (bicyclic) bond motifs is 2. The second-order valence-electron chi connectivity index (χ2n) is 8.53. The zero-order valence-corrected chi connectivity index (χ0v) is 17.1. The summed E-state index contributed by atoms with van der Waals surface area (Å²) in [4.78, 5) is 23.0. The fraction of sp³-hybridized carbons (Fsp3) is 0.455. The molecule has 2 aliphatic rings. The molecule has 1 aromatic carbocycles. The van der Waals surface area contributed by atoms with Gasteiger partial charge in [0.2, 0.25) is 5.95 Å². The Balaban J connectivity index is 1.38. The summed E-state index contributed by atoms with van der Waals surface area (Å²) >= 11 is 0. The van der Waals surface area contributed by atoms with Crippen LogP contribution in [0.5, 0.6) is 0 Å². The molecular formula is C22H26N6O2. The number of hydrogen-bond acceptors (Lipinski definition) is 6. The molecular weight excluding hydrogens is 380 g/mol. The summed E-state index contributed by atoms with van der Waals surface area (Å²) in [5.74, 6) is -0.384. The Kier molecular flexibility index (Phi) is 4.86. The molecule has 3 aromatic rings. The van der Waals surface area contributed by atoms with E-state index in [4.69, 9.17) is 0 Å². The summed E-state index contributed by atoms with van der Waals surface area (Å²) in [5, 5.41) is 18.1. The number of hydrogen-bond donors (Lipinski definition) is 2. The third-order valence-electron chi connectivity index (χ3n) is 6.43. The molecule has 1 aliphatic carbocycles. The van der Waals surface area contributed by atoms with E-state index in [-0.39, 0.29) is 11.8 Å². The molecule has 8 nitrogen and oxygen atoms in total. The van der Waals surface area contributed by atoms with E-state index in [1.54, 1.807) is 12.4 Å². The van der Waals surface area contributed by atoms with E-state index in [0.29, 0.717) is 12.5 Å². The lowest BCUT2D eigenvalue weighted by Crippen LogP contribution is -2.26. The number of carboxylic acids is 1. The number of nitrogens with zero attached hydrogens (tertiary/aromatic N) is 5. The van der Waals surface area contributed by atoms with Gasteiger partial charge in [0, 0.05) is 31.5 Å². The maximum atomic E-state index is 11.5. The van der Waals surface area contributed by atoms with Crippen LogP contribution in [-0.4, -0.2) is 49.3 Å². The molecule has 0 unspecified atom stereocenters. The van der Waals surface area contributed by atoms with Crippen molar-refractivity contribution < 1.29 is 9.90 Å². The van der Waals surface area contributed by atoms with Gasteiger partial charge in [0.1, 0.15) is 0 Å². The minimum Gasteiger partial charge on any atom is -0.481 e. The van der Waals surface area contributed by atoms with Gasteiger partial charge >= 0.3 is 5.97 Å². The standard InChI is InChI=1S/C22H26N6O2/c1-27-8-7-14-5-6-18(9-16(14)12-27)25-22-23-10-17-11-24-28(20(17)26-22)13-15-3-2-4-19(15)21(29)30/h5-6,9-11,15,19H,2-4,7-8,12-13H2,1H3,(H,29,30)(H,23,25,26)/t15-,19+/m0/s1. The van der Waals surface area contributed by atoms with Crippen LogP contribution in [0.4, 0.5) is 11.6 Å². The first kappa shape index (κ1) is 19.0. The van der Waals surface area contributed by atoms with Gasteiger partial charge in [-0.25, -0.2) is 9.67 Å². The number of rotatable bonds is 5. The summed E-state index contributed by atoms with van der Waals surface area (Å²) in [7, 11) is 2.14. The first-order chi connectivity index (χ1) is 14.6. The molecule has 3 heterocycles. The second kappa shape index (κ2) is 7.68. The molecule has 8 heteroatoms. The molecule has 0 bridgehead atoms. The fourth-order valence-corrected chi connectivity index (χ4v) is 4.77. The number of carbonyl (C=O) groups is 1. The number of carboxylic acid groups (broad SMARTS) is 1. The predicted molar refractivity (Wildman–Crippen MR) is 114 cm³/mol. The van der Waals surface area contributed by atoms with Crippen molar-refractivity contribution in [3.63, 3.8) is 0 Å². The minimum atomic E-state index is -0.705. The van der Waals surface area contributed by atoms with Crippen LogP contribution in [0.25, 0.3) is 11.0 Å². The molecule has 0 saturated heterocycles. The number of aromatic nitrogens is 4. The zero-order valence-electron chi connectivity index (χ0n) is 17.1. The first-order valence-corrected chi connectivity index (χ1v) is 10.6. The van der Waals surface area contributed by atoms with Crippen LogP contribution in [0.2, 0.25) is 0 Å². The molecule has 2 aromatic heterocycles. The quantitative estimate of drug-likeness (QED) is 0.672. The monoisotopic (exact) mass is 406 g/mol. The van der Waals surface area contributed by atoms with Gasteiger partial charge in [-0.05, 0) is 55.5 Å². The summed E-state index contributed by atoms with van der Waals surface area (Å²) < 4.78 is 1.83. The molecule has 5 rings (SSSR count). The summed E-state index contributed by atoms with van der Waals surface area (Å²) in [6, 6.07) is 6.43. The molecule has 1 aliphatic heterocycles. The van der Waals surface area contributed by atoms with Crippen molar-refractivity contribution >= 4 is 28.6 Å². The van der Waals surface area contributed by atoms with Crippen LogP contribution in [-0.2, 0) is 24.3 Å². The van der Waals surface area contributed by atoms with E-state index in [2.05, 4.69) is 50.5 Å². The van der Waals surface area contributed by atoms with E-state index in [9.17, 15) is 9.90 Å². The van der Waals surface area contributed by atoms with Gasteiger partial charge in [-0.15, -0.1) is 0 Å². The first-order valence-electron chi connectivity index (χ1n) is 10.6. The normalized spacial score (nSPS) is 21.6. The summed E-state index contributed by atoms with van der Waals surface area (Å²) in [5.41, 5.74) is 4.44. The average molecular weight is 406 g/mol. The number of likely N-dealkylation sites (N-methyl/N-ethyl adjacent to an activating group) is 1. The van der Waals surface area contributed by atoms with Crippen LogP contribution < -0.4 is 5.32 Å². The average Bonchev–Trinajstić information content (AvgIpc) is 3.35. The molecule has 0 amide bonds. The zero-order chi connectivity index (χ0) is 20.7. The number of aliphatic carboxylic acids is 1. The van der Waals surface area contributed by atoms with Crippen LogP contribution in [0, 0.1) is 11.8 Å². The predicted octanol–water partition coefficient (Wildman–Crippen LogP) is 3.06. The highest BCUT2D eigenvalue weighted by molar-refractivity contribution is 5.75. The highest BCUT2D eigenvalue weighted by Gasteiger charge is 2.33. The van der Waals surface area contributed by atoms with Gasteiger partial charge in [-0.3, -0.25) is 4.79 Å². The van der Waals surface area contributed by atoms with Gasteiger partial charge in [0.25, 0.3) is 0 Å². The molecule has 1 saturated carbocycles. The third-order valence-corrected chi connectivity index (χ3v) is 6.43. The van der Waals surface area contributed by atoms with E-state index >= 15 is 0 Å². The molecule has 0 spiro atoms. The molecule has 2 N–H and O–H groups in total. The van der Waals surface area contributed by atoms with Crippen LogP contribution in [0.1, 0.15) is 30.4 Å². The smallest absolute Gasteiger partial charge is 0.306 e. The van der Waals surface area contributed by atoms with Crippen molar-refractivity contribution in [2.24, 2.45) is 11.8 Å². The topological polar surface area (TPSA) is 96.2 Å². The van der Waals surface area contributed by atoms with Crippen molar-refractivity contribution in [3.05, 3.63) is 41.7 Å². The van der Waals surface area contributed by atoms with Crippen LogP contribution in [0.15, 0.2) is 30.6 Å². The van der Waals surface area contributed by atoms with Crippen molar-refractivity contribution in [3.8, 4) is 0 Å². The van der Waals surface area contributed by atoms with Crippen molar-refractivity contribution in [2.45, 2.75) is 38.8 Å². The van der Waals surface area contributed by atoms with Crippen LogP contribution >= 0.6 is 0 Å². The van der Waals surface area contributed by atoms with Crippen molar-refractivity contribution in [1.29, 1.82) is 0 Å². The van der Waals surface area contributed by atoms with Crippen molar-refractivity contribution in [2.75, 3.05) is 18.9 Å². The van der Waals surface area contributed by atoms with E-state index in [1.807, 2.05) is 4.68 Å². The van der Waals surface area contributed by atoms with Crippen molar-refractivity contribution in [1.82, 2.24) is 24.6 Å². The molecule has 0 radical (unpaired) electrons. The lowest BCUT2D eigenvalue weighted by molar-refractivity contribution is -0.143. The lowest BCUT2D eigenvalue weighted by Gasteiger charge is -2.25. The second-order valence-corrected chi connectivity index (χ2v) is 8.53. The Labute approximate surface area is 174 Å². The Morgan fingerprint density at radius 1 is 1.27 bits per heavy atom. The van der Waals surface area contributed by atoms with Gasteiger partial charge in [-0.1, -0.05) is 12.5 Å². The SMILES string of the molecule is CN1CCc2ccc(Nc3ncc4cnn(C[C@@H]5CCC[C@H]5C(=O)O)c4n3)cc2C1. The van der Waals surface area contributed by atoms with Gasteiger partial charge in [-0.2, -0.15) is 10.1 Å². The summed E-state index contributed by atoms with van der Waals surface area (Å²) in [6.07, 6.45) is 7.21. The van der Waals surface area contributed by atoms with Crippen LogP contribution in [0.3, 0.4) is 0 Å². The molecule has 156 valence electrons. The third kappa shape index (κ3) is 3.63. The highest BCUT2D eigenvalue weighted by atomic mass is 16.4. The Morgan fingerprint density at radius 2 is 2.17 bits per heavy atom. The van der Waals surface area contributed by atoms with E-state index < -0.39 is 5.97 Å². The van der Waals surface area contributed by atoms with E-state index in [0.717, 1.165) is 55.5 Å². The Hall–Kier alpha value is -3.00. The highest BCUT2D eigenvalue weighted by Crippen LogP contribution is 2.33. The van der Waals surface area contributed by atoms with Gasteiger partial charge in [0.15, 0.2) is 5.65 Å². The lowest BCUT2D eigenvalue weighted by atomic mass is 9.96. The van der Waals surface area contributed by atoms with E-state index in [1.165, 1.54) is 11.1 Å². The maximum Gasteiger partial charge on any atom is 0.306 e. The molecule has 2 atom stereocenters. The van der Waals surface area contributed by atoms with Gasteiger partial charge in [0.05, 0.1) is 17.5 Å². The number of benzene rings is 1. The Bertz CT molecular complexity index is 1090. The number of nitrogens with one attached hydrogen (secondary N) is 1. The minimum absolute atomic E-state index is 0.0922. The largest absolute Gasteiger partial charge is 0.481 e. The maximum absolute atomic E-state index is 11.5. The van der Waals surface area contributed by atoms with Gasteiger partial charge < -0.3 is 15.3 Å². The summed E-state index contributed by atoms with van der Waals surface area (Å²) in [6.45, 7) is 2.61. The molecule has 30 heavy (non-hydrogen) atoms. The number of anilines is 2. The fourth-order valence-electron chi connectivity index (χ4n) is 4.77.